The number of carbonyl (C=O) groups is 2. The lowest BCUT2D eigenvalue weighted by atomic mass is 10.1. The van der Waals surface area contributed by atoms with E-state index < -0.39 is 28.5 Å². The maximum atomic E-state index is 14.2. The molecule has 0 aliphatic heterocycles. The van der Waals surface area contributed by atoms with Gasteiger partial charge in [-0.1, -0.05) is 67.8 Å². The zero-order valence-electron chi connectivity index (χ0n) is 24.7. The second kappa shape index (κ2) is 14.6. The van der Waals surface area contributed by atoms with Crippen LogP contribution in [-0.4, -0.2) is 58.0 Å². The summed E-state index contributed by atoms with van der Waals surface area (Å²) in [5, 5.41) is 3.56. The number of anilines is 1. The summed E-state index contributed by atoms with van der Waals surface area (Å²) >= 11 is 6.48. The largest absolute Gasteiger partial charge is 0.493 e. The summed E-state index contributed by atoms with van der Waals surface area (Å²) in [6.07, 6.45) is 4.22. The minimum atomic E-state index is -4.27. The van der Waals surface area contributed by atoms with Gasteiger partial charge < -0.3 is 19.7 Å². The van der Waals surface area contributed by atoms with Crippen molar-refractivity contribution in [2.75, 3.05) is 25.1 Å². The van der Waals surface area contributed by atoms with Crippen LogP contribution >= 0.6 is 11.6 Å². The van der Waals surface area contributed by atoms with Crippen molar-refractivity contribution in [2.45, 2.75) is 62.6 Å². The molecule has 3 aromatic carbocycles. The van der Waals surface area contributed by atoms with Crippen LogP contribution in [0.3, 0.4) is 0 Å². The van der Waals surface area contributed by atoms with Crippen LogP contribution in [0.5, 0.6) is 11.5 Å². The third kappa shape index (κ3) is 7.61. The molecule has 1 atom stereocenters. The smallest absolute Gasteiger partial charge is 0.264 e. The molecular formula is C32H38ClN3O6S. The van der Waals surface area contributed by atoms with Crippen molar-refractivity contribution >= 4 is 39.1 Å². The Hall–Kier alpha value is -3.76. The van der Waals surface area contributed by atoms with Crippen LogP contribution in [0.1, 0.15) is 44.6 Å². The van der Waals surface area contributed by atoms with Gasteiger partial charge in [0.05, 0.1) is 24.8 Å². The highest BCUT2D eigenvalue weighted by Gasteiger charge is 2.35. The van der Waals surface area contributed by atoms with Crippen LogP contribution in [0.15, 0.2) is 77.7 Å². The molecule has 1 unspecified atom stereocenters. The third-order valence-corrected chi connectivity index (χ3v) is 9.79. The fourth-order valence-electron chi connectivity index (χ4n) is 5.32. The number of ether oxygens (including phenoxy) is 2. The molecule has 1 N–H and O–H groups in total. The van der Waals surface area contributed by atoms with E-state index in [9.17, 15) is 18.0 Å². The number of hydrogen-bond acceptors (Lipinski definition) is 6. The molecule has 9 nitrogen and oxygen atoms in total. The van der Waals surface area contributed by atoms with E-state index in [-0.39, 0.29) is 29.1 Å². The molecule has 0 saturated heterocycles. The fourth-order valence-corrected chi connectivity index (χ4v) is 6.95. The highest BCUT2D eigenvalue weighted by atomic mass is 35.5. The maximum Gasteiger partial charge on any atom is 0.264 e. The monoisotopic (exact) mass is 627 g/mol. The topological polar surface area (TPSA) is 105 Å². The Morgan fingerprint density at radius 2 is 1.60 bits per heavy atom. The number of sulfonamides is 1. The summed E-state index contributed by atoms with van der Waals surface area (Å²) < 4.78 is 39.9. The number of nitrogens with one attached hydrogen (secondary N) is 1. The van der Waals surface area contributed by atoms with E-state index in [0.29, 0.717) is 28.4 Å². The van der Waals surface area contributed by atoms with Crippen molar-refractivity contribution in [3.05, 3.63) is 83.4 Å². The first kappa shape index (κ1) is 32.2. The molecule has 43 heavy (non-hydrogen) atoms. The van der Waals surface area contributed by atoms with Crippen molar-refractivity contribution in [3.8, 4) is 11.5 Å². The van der Waals surface area contributed by atoms with Crippen molar-refractivity contribution < 1.29 is 27.5 Å². The second-order valence-electron chi connectivity index (χ2n) is 10.4. The van der Waals surface area contributed by atoms with Gasteiger partial charge in [-0.05, 0) is 55.2 Å². The van der Waals surface area contributed by atoms with E-state index in [4.69, 9.17) is 21.1 Å². The molecule has 1 aliphatic rings. The second-order valence-corrected chi connectivity index (χ2v) is 12.7. The molecule has 0 aromatic heterocycles. The predicted octanol–water partition coefficient (Wildman–Crippen LogP) is 5.42. The van der Waals surface area contributed by atoms with Crippen molar-refractivity contribution in [2.24, 2.45) is 0 Å². The Labute approximate surface area is 258 Å². The molecule has 0 heterocycles. The first-order chi connectivity index (χ1) is 20.7. The van der Waals surface area contributed by atoms with Crippen molar-refractivity contribution in [1.82, 2.24) is 10.2 Å². The normalized spacial score (nSPS) is 14.1. The summed E-state index contributed by atoms with van der Waals surface area (Å²) in [4.78, 5) is 29.2. The van der Waals surface area contributed by atoms with Crippen LogP contribution in [0.4, 0.5) is 5.69 Å². The van der Waals surface area contributed by atoms with Gasteiger partial charge in [0.2, 0.25) is 11.8 Å². The van der Waals surface area contributed by atoms with Crippen LogP contribution in [-0.2, 0) is 26.2 Å². The van der Waals surface area contributed by atoms with Gasteiger partial charge in [-0.15, -0.1) is 0 Å². The number of methoxy groups -OCH3 is 2. The highest BCUT2D eigenvalue weighted by molar-refractivity contribution is 7.92. The lowest BCUT2D eigenvalue weighted by Gasteiger charge is -2.34. The molecule has 0 spiro atoms. The Morgan fingerprint density at radius 3 is 2.23 bits per heavy atom. The number of rotatable bonds is 13. The summed E-state index contributed by atoms with van der Waals surface area (Å²) in [6, 6.07) is 19.0. The van der Waals surface area contributed by atoms with E-state index in [1.54, 1.807) is 54.6 Å². The van der Waals surface area contributed by atoms with Gasteiger partial charge in [-0.25, -0.2) is 8.42 Å². The van der Waals surface area contributed by atoms with Gasteiger partial charge in [0.1, 0.15) is 12.6 Å². The average Bonchev–Trinajstić information content (AvgIpc) is 3.53. The molecular weight excluding hydrogens is 590 g/mol. The van der Waals surface area contributed by atoms with E-state index >= 15 is 0 Å². The molecule has 1 fully saturated rings. The van der Waals surface area contributed by atoms with Crippen molar-refractivity contribution in [1.29, 1.82) is 0 Å². The lowest BCUT2D eigenvalue weighted by molar-refractivity contribution is -0.140. The van der Waals surface area contributed by atoms with Gasteiger partial charge in [0, 0.05) is 23.7 Å². The van der Waals surface area contributed by atoms with E-state index in [1.807, 2.05) is 6.92 Å². The van der Waals surface area contributed by atoms with E-state index in [1.165, 1.54) is 37.3 Å². The maximum absolute atomic E-state index is 14.2. The molecule has 3 aromatic rings. The summed E-state index contributed by atoms with van der Waals surface area (Å²) in [6.45, 7) is 1.33. The zero-order valence-corrected chi connectivity index (χ0v) is 26.2. The van der Waals surface area contributed by atoms with Crippen LogP contribution in [0.25, 0.3) is 0 Å². The Bertz CT molecular complexity index is 1510. The number of halogens is 1. The predicted molar refractivity (Wildman–Crippen MR) is 167 cm³/mol. The number of hydrogen-bond donors (Lipinski definition) is 1. The number of amides is 2. The van der Waals surface area contributed by atoms with Crippen LogP contribution < -0.4 is 19.1 Å². The molecule has 230 valence electrons. The van der Waals surface area contributed by atoms with Gasteiger partial charge >= 0.3 is 0 Å². The standard InChI is InChI=1S/C32H38ClN3O6S/c1-4-28(32(38)34-24-13-9-10-14-24)35(21-23-12-8-11-17-27(23)33)31(37)22-36(25-15-6-5-7-16-25)43(39,40)26-18-19-29(41-2)30(20-26)42-3/h5-8,11-12,15-20,24,28H,4,9-10,13-14,21-22H2,1-3H3,(H,34,38). The number of nitrogens with zero attached hydrogens (tertiary/aromatic N) is 2. The van der Waals surface area contributed by atoms with E-state index in [0.717, 1.165) is 30.0 Å². The molecule has 1 aliphatic carbocycles. The van der Waals surface area contributed by atoms with Gasteiger partial charge in [-0.2, -0.15) is 0 Å². The molecule has 0 radical (unpaired) electrons. The molecule has 2 amide bonds. The first-order valence-corrected chi connectivity index (χ1v) is 16.1. The fraction of sp³-hybridized carbons (Fsp3) is 0.375. The van der Waals surface area contributed by atoms with Crippen LogP contribution in [0.2, 0.25) is 5.02 Å². The summed E-state index contributed by atoms with van der Waals surface area (Å²) in [5.74, 6) is -0.197. The Balaban J connectivity index is 1.73. The van der Waals surface area contributed by atoms with Crippen LogP contribution in [0, 0.1) is 0 Å². The molecule has 4 rings (SSSR count). The summed E-state index contributed by atoms with van der Waals surface area (Å²) in [7, 11) is -1.39. The molecule has 11 heteroatoms. The number of benzene rings is 3. The highest BCUT2D eigenvalue weighted by Crippen LogP contribution is 2.32. The SMILES string of the molecule is CCC(C(=O)NC1CCCC1)N(Cc1ccccc1Cl)C(=O)CN(c1ccccc1)S(=O)(=O)c1ccc(OC)c(OC)c1. The van der Waals surface area contributed by atoms with Crippen molar-refractivity contribution in [3.63, 3.8) is 0 Å². The quantitative estimate of drug-likeness (QED) is 0.271. The molecule has 0 bridgehead atoms. The third-order valence-electron chi connectivity index (χ3n) is 7.65. The average molecular weight is 628 g/mol. The van der Waals surface area contributed by atoms with Gasteiger partial charge in [-0.3, -0.25) is 13.9 Å². The zero-order chi connectivity index (χ0) is 31.0. The minimum absolute atomic E-state index is 0.0358. The Kier molecular flexibility index (Phi) is 10.9. The number of carbonyl (C=O) groups excluding carboxylic acids is 2. The minimum Gasteiger partial charge on any atom is -0.493 e. The first-order valence-electron chi connectivity index (χ1n) is 14.3. The lowest BCUT2D eigenvalue weighted by Crippen LogP contribution is -2.53. The van der Waals surface area contributed by atoms with Gasteiger partial charge in [0.15, 0.2) is 11.5 Å². The Morgan fingerprint density at radius 1 is 0.953 bits per heavy atom. The van der Waals surface area contributed by atoms with E-state index in [2.05, 4.69) is 5.32 Å². The summed E-state index contributed by atoms with van der Waals surface area (Å²) in [5.41, 5.74) is 0.949. The number of para-hydroxylation sites is 1. The van der Waals surface area contributed by atoms with Gasteiger partial charge in [0.25, 0.3) is 10.0 Å². The molecule has 1 saturated carbocycles.